The number of pyridine rings is 1. The molecular weight excluding hydrogens is 200 g/mol. The van der Waals surface area contributed by atoms with Gasteiger partial charge in [-0.25, -0.2) is 0 Å². The third kappa shape index (κ3) is 1.42. The van der Waals surface area contributed by atoms with Crippen molar-refractivity contribution in [1.82, 2.24) is 4.98 Å². The van der Waals surface area contributed by atoms with Crippen LogP contribution in [0.2, 0.25) is 5.02 Å². The van der Waals surface area contributed by atoms with E-state index in [2.05, 4.69) is 4.98 Å². The summed E-state index contributed by atoms with van der Waals surface area (Å²) in [6, 6.07) is 6.68. The molecule has 2 aromatic rings. The molecule has 70 valence electrons. The van der Waals surface area contributed by atoms with Gasteiger partial charge in [-0.1, -0.05) is 11.6 Å². The molecule has 0 fully saturated rings. The Morgan fingerprint density at radius 3 is 2.86 bits per heavy atom. The molecule has 2 rings (SSSR count). The summed E-state index contributed by atoms with van der Waals surface area (Å²) in [5.41, 5.74) is 6.34. The molecule has 1 heterocycles. The molecule has 0 atom stereocenters. The highest BCUT2D eigenvalue weighted by molar-refractivity contribution is 6.35. The zero-order chi connectivity index (χ0) is 10.1. The summed E-state index contributed by atoms with van der Waals surface area (Å²) in [6.07, 6.45) is 1.62. The van der Waals surface area contributed by atoms with Gasteiger partial charge in [0.25, 0.3) is 0 Å². The zero-order valence-corrected chi connectivity index (χ0v) is 7.95. The largest absolute Gasteiger partial charge is 0.366 e. The minimum atomic E-state index is -0.466. The second-order valence-electron chi connectivity index (χ2n) is 2.89. The van der Waals surface area contributed by atoms with Gasteiger partial charge >= 0.3 is 0 Å². The van der Waals surface area contributed by atoms with Crippen LogP contribution >= 0.6 is 11.6 Å². The molecule has 0 unspecified atom stereocenters. The molecule has 0 aliphatic heterocycles. The van der Waals surface area contributed by atoms with Crippen molar-refractivity contribution in [2.45, 2.75) is 0 Å². The van der Waals surface area contributed by atoms with Gasteiger partial charge in [0.15, 0.2) is 0 Å². The van der Waals surface area contributed by atoms with Crippen LogP contribution in [0.3, 0.4) is 0 Å². The summed E-state index contributed by atoms with van der Waals surface area (Å²) in [6.45, 7) is 0. The standard InChI is InChI=1S/C10H7ClN2O/c11-8-3-4-13-9-2-1-6(10(12)14)5-7(8)9/h1-5H,(H2,12,14). The van der Waals surface area contributed by atoms with E-state index < -0.39 is 5.91 Å². The average Bonchev–Trinajstić information content (AvgIpc) is 2.18. The molecule has 0 bridgehead atoms. The fourth-order valence-corrected chi connectivity index (χ4v) is 1.47. The number of hydrogen-bond donors (Lipinski definition) is 1. The van der Waals surface area contributed by atoms with Gasteiger partial charge in [-0.3, -0.25) is 9.78 Å². The number of fused-ring (bicyclic) bond motifs is 1. The predicted octanol–water partition coefficient (Wildman–Crippen LogP) is 1.99. The molecular formula is C10H7ClN2O. The van der Waals surface area contributed by atoms with E-state index in [-0.39, 0.29) is 0 Å². The van der Waals surface area contributed by atoms with Gasteiger partial charge in [0.2, 0.25) is 5.91 Å². The number of nitrogens with two attached hydrogens (primary N) is 1. The van der Waals surface area contributed by atoms with Gasteiger partial charge < -0.3 is 5.73 Å². The molecule has 2 N–H and O–H groups in total. The Balaban J connectivity index is 2.76. The molecule has 1 aromatic carbocycles. The maximum Gasteiger partial charge on any atom is 0.248 e. The van der Waals surface area contributed by atoms with E-state index in [4.69, 9.17) is 17.3 Å². The van der Waals surface area contributed by atoms with Crippen LogP contribution in [0.25, 0.3) is 10.9 Å². The molecule has 3 nitrogen and oxygen atoms in total. The van der Waals surface area contributed by atoms with Gasteiger partial charge in [0.05, 0.1) is 10.5 Å². The van der Waals surface area contributed by atoms with Crippen molar-refractivity contribution in [2.75, 3.05) is 0 Å². The van der Waals surface area contributed by atoms with Crippen LogP contribution in [0.4, 0.5) is 0 Å². The van der Waals surface area contributed by atoms with E-state index in [0.29, 0.717) is 10.6 Å². The van der Waals surface area contributed by atoms with Crippen LogP contribution in [-0.4, -0.2) is 10.9 Å². The first-order chi connectivity index (χ1) is 6.68. The lowest BCUT2D eigenvalue weighted by Crippen LogP contribution is -2.10. The first-order valence-electron chi connectivity index (χ1n) is 4.02. The summed E-state index contributed by atoms with van der Waals surface area (Å²) >= 11 is 5.94. The molecule has 1 aromatic heterocycles. The van der Waals surface area contributed by atoms with E-state index in [1.165, 1.54) is 0 Å². The van der Waals surface area contributed by atoms with Gasteiger partial charge in [-0.2, -0.15) is 0 Å². The Morgan fingerprint density at radius 1 is 1.36 bits per heavy atom. The second kappa shape index (κ2) is 3.27. The zero-order valence-electron chi connectivity index (χ0n) is 7.20. The third-order valence-corrected chi connectivity index (χ3v) is 2.30. The number of hydrogen-bond acceptors (Lipinski definition) is 2. The molecule has 1 amide bonds. The van der Waals surface area contributed by atoms with Crippen LogP contribution in [0.1, 0.15) is 10.4 Å². The van der Waals surface area contributed by atoms with Crippen molar-refractivity contribution in [1.29, 1.82) is 0 Å². The molecule has 0 aliphatic rings. The highest BCUT2D eigenvalue weighted by atomic mass is 35.5. The quantitative estimate of drug-likeness (QED) is 0.776. The normalized spacial score (nSPS) is 10.4. The fourth-order valence-electron chi connectivity index (χ4n) is 1.27. The van der Waals surface area contributed by atoms with Gasteiger partial charge in [0, 0.05) is 17.1 Å². The lowest BCUT2D eigenvalue weighted by Gasteiger charge is -2.00. The van der Waals surface area contributed by atoms with E-state index in [9.17, 15) is 4.79 Å². The van der Waals surface area contributed by atoms with Crippen molar-refractivity contribution in [3.05, 3.63) is 41.0 Å². The Bertz CT molecular complexity index is 510. The van der Waals surface area contributed by atoms with Crippen LogP contribution in [0.15, 0.2) is 30.5 Å². The average molecular weight is 207 g/mol. The van der Waals surface area contributed by atoms with E-state index >= 15 is 0 Å². The van der Waals surface area contributed by atoms with E-state index in [1.54, 1.807) is 30.5 Å². The second-order valence-corrected chi connectivity index (χ2v) is 3.30. The summed E-state index contributed by atoms with van der Waals surface area (Å²) in [5.74, 6) is -0.466. The minimum Gasteiger partial charge on any atom is -0.366 e. The van der Waals surface area contributed by atoms with Gasteiger partial charge in [-0.05, 0) is 24.3 Å². The summed E-state index contributed by atoms with van der Waals surface area (Å²) in [7, 11) is 0. The van der Waals surface area contributed by atoms with E-state index in [0.717, 1.165) is 10.9 Å². The number of nitrogens with zero attached hydrogens (tertiary/aromatic N) is 1. The monoisotopic (exact) mass is 206 g/mol. The van der Waals surface area contributed by atoms with Crippen LogP contribution in [-0.2, 0) is 0 Å². The predicted molar refractivity (Wildman–Crippen MR) is 55.3 cm³/mol. The Morgan fingerprint density at radius 2 is 2.14 bits per heavy atom. The van der Waals surface area contributed by atoms with Crippen molar-refractivity contribution in [2.24, 2.45) is 5.73 Å². The molecule has 14 heavy (non-hydrogen) atoms. The Hall–Kier alpha value is -1.61. The van der Waals surface area contributed by atoms with Crippen molar-refractivity contribution >= 4 is 28.4 Å². The Kier molecular flexibility index (Phi) is 2.09. The molecule has 0 spiro atoms. The van der Waals surface area contributed by atoms with Crippen molar-refractivity contribution < 1.29 is 4.79 Å². The topological polar surface area (TPSA) is 56.0 Å². The molecule has 0 saturated carbocycles. The van der Waals surface area contributed by atoms with Gasteiger partial charge in [0.1, 0.15) is 0 Å². The smallest absolute Gasteiger partial charge is 0.248 e. The lowest BCUT2D eigenvalue weighted by atomic mass is 10.1. The number of amides is 1. The maximum absolute atomic E-state index is 10.9. The number of carbonyl (C=O) groups excluding carboxylic acids is 1. The first kappa shape index (κ1) is 8.97. The van der Waals surface area contributed by atoms with Gasteiger partial charge in [-0.15, -0.1) is 0 Å². The number of carbonyl (C=O) groups is 1. The van der Waals surface area contributed by atoms with Crippen LogP contribution < -0.4 is 5.73 Å². The number of rotatable bonds is 1. The number of benzene rings is 1. The SMILES string of the molecule is NC(=O)c1ccc2nccc(Cl)c2c1. The molecule has 0 saturated heterocycles. The number of primary amides is 1. The summed E-state index contributed by atoms with van der Waals surface area (Å²) < 4.78 is 0. The third-order valence-electron chi connectivity index (χ3n) is 1.97. The van der Waals surface area contributed by atoms with Crippen LogP contribution in [0, 0.1) is 0 Å². The minimum absolute atomic E-state index is 0.437. The van der Waals surface area contributed by atoms with Crippen molar-refractivity contribution in [3.8, 4) is 0 Å². The number of aromatic nitrogens is 1. The highest BCUT2D eigenvalue weighted by Gasteiger charge is 2.04. The van der Waals surface area contributed by atoms with Crippen molar-refractivity contribution in [3.63, 3.8) is 0 Å². The summed E-state index contributed by atoms with van der Waals surface area (Å²) in [4.78, 5) is 15.0. The highest BCUT2D eigenvalue weighted by Crippen LogP contribution is 2.22. The number of halogens is 1. The lowest BCUT2D eigenvalue weighted by molar-refractivity contribution is 0.100. The molecule has 0 radical (unpaired) electrons. The summed E-state index contributed by atoms with van der Waals surface area (Å²) in [5, 5.41) is 1.31. The molecule has 4 heteroatoms. The fraction of sp³-hybridized carbons (Fsp3) is 0. The molecule has 0 aliphatic carbocycles. The maximum atomic E-state index is 10.9. The van der Waals surface area contributed by atoms with Crippen LogP contribution in [0.5, 0.6) is 0 Å². The first-order valence-corrected chi connectivity index (χ1v) is 4.40. The van der Waals surface area contributed by atoms with E-state index in [1.807, 2.05) is 0 Å². The Labute approximate surface area is 85.5 Å².